The summed E-state index contributed by atoms with van der Waals surface area (Å²) in [5, 5.41) is 0. The molecule has 0 aromatic carbocycles. The Labute approximate surface area is 74.3 Å². The first-order chi connectivity index (χ1) is 5.47. The van der Waals surface area contributed by atoms with Crippen LogP contribution in [0, 0.1) is 0 Å². The van der Waals surface area contributed by atoms with Crippen molar-refractivity contribution in [2.24, 2.45) is 5.73 Å². The summed E-state index contributed by atoms with van der Waals surface area (Å²) in [5.41, 5.74) is 5.66. The Hall–Kier alpha value is -0.0900. The third kappa shape index (κ3) is 3.11. The maximum atomic E-state index is 11.2. The van der Waals surface area contributed by atoms with Gasteiger partial charge in [0.15, 0.2) is 0 Å². The van der Waals surface area contributed by atoms with E-state index in [0.29, 0.717) is 18.6 Å². The average Bonchev–Trinajstić information content (AvgIpc) is 2.66. The van der Waals surface area contributed by atoms with Gasteiger partial charge >= 0.3 is 0 Å². The van der Waals surface area contributed by atoms with Crippen molar-refractivity contribution in [2.45, 2.75) is 38.1 Å². The SMILES string of the molecule is CCCS(=O)(=O)CCC1(N)CC1. The highest BCUT2D eigenvalue weighted by Crippen LogP contribution is 2.35. The van der Waals surface area contributed by atoms with Crippen LogP contribution in [-0.4, -0.2) is 25.5 Å². The molecule has 0 unspecified atom stereocenters. The third-order valence-corrected chi connectivity index (χ3v) is 4.17. The van der Waals surface area contributed by atoms with Crippen LogP contribution in [0.15, 0.2) is 0 Å². The first-order valence-corrected chi connectivity index (χ1v) is 6.29. The van der Waals surface area contributed by atoms with Crippen LogP contribution in [0.4, 0.5) is 0 Å². The molecule has 0 aromatic heterocycles. The lowest BCUT2D eigenvalue weighted by Crippen LogP contribution is -2.26. The fraction of sp³-hybridized carbons (Fsp3) is 1.00. The Bertz CT molecular complexity index is 242. The first-order valence-electron chi connectivity index (χ1n) is 4.47. The molecule has 1 aliphatic rings. The fourth-order valence-corrected chi connectivity index (χ4v) is 2.73. The molecular weight excluding hydrogens is 174 g/mol. The molecule has 1 saturated carbocycles. The van der Waals surface area contributed by atoms with Gasteiger partial charge in [0.05, 0.1) is 5.75 Å². The van der Waals surface area contributed by atoms with Gasteiger partial charge in [-0.1, -0.05) is 6.92 Å². The van der Waals surface area contributed by atoms with Gasteiger partial charge in [0.1, 0.15) is 9.84 Å². The van der Waals surface area contributed by atoms with Crippen molar-refractivity contribution in [3.8, 4) is 0 Å². The van der Waals surface area contributed by atoms with E-state index in [-0.39, 0.29) is 11.3 Å². The van der Waals surface area contributed by atoms with E-state index in [1.807, 2.05) is 6.92 Å². The van der Waals surface area contributed by atoms with Crippen molar-refractivity contribution in [1.82, 2.24) is 0 Å². The molecule has 12 heavy (non-hydrogen) atoms. The molecule has 3 nitrogen and oxygen atoms in total. The summed E-state index contributed by atoms with van der Waals surface area (Å²) in [6.45, 7) is 1.88. The van der Waals surface area contributed by atoms with E-state index in [9.17, 15) is 8.42 Å². The van der Waals surface area contributed by atoms with E-state index < -0.39 is 9.84 Å². The molecule has 0 atom stereocenters. The van der Waals surface area contributed by atoms with Crippen LogP contribution in [0.3, 0.4) is 0 Å². The van der Waals surface area contributed by atoms with Gasteiger partial charge in [0, 0.05) is 11.3 Å². The van der Waals surface area contributed by atoms with Crippen LogP contribution in [0.2, 0.25) is 0 Å². The van der Waals surface area contributed by atoms with Gasteiger partial charge in [0.2, 0.25) is 0 Å². The van der Waals surface area contributed by atoms with Gasteiger partial charge in [-0.3, -0.25) is 0 Å². The maximum absolute atomic E-state index is 11.2. The molecule has 1 fully saturated rings. The van der Waals surface area contributed by atoms with Crippen LogP contribution in [0.25, 0.3) is 0 Å². The zero-order chi connectivity index (χ0) is 9.24. The number of rotatable bonds is 5. The minimum Gasteiger partial charge on any atom is -0.325 e. The zero-order valence-corrected chi connectivity index (χ0v) is 8.36. The van der Waals surface area contributed by atoms with E-state index in [4.69, 9.17) is 5.73 Å². The molecule has 0 aromatic rings. The van der Waals surface area contributed by atoms with Gasteiger partial charge in [-0.15, -0.1) is 0 Å². The highest BCUT2D eigenvalue weighted by molar-refractivity contribution is 7.91. The summed E-state index contributed by atoms with van der Waals surface area (Å²) >= 11 is 0. The topological polar surface area (TPSA) is 60.2 Å². The number of hydrogen-bond donors (Lipinski definition) is 1. The molecule has 0 aliphatic heterocycles. The largest absolute Gasteiger partial charge is 0.325 e. The van der Waals surface area contributed by atoms with Gasteiger partial charge in [-0.25, -0.2) is 8.42 Å². The Morgan fingerprint density at radius 1 is 1.33 bits per heavy atom. The normalized spacial score (nSPS) is 20.8. The average molecular weight is 191 g/mol. The Balaban J connectivity index is 2.30. The molecule has 2 N–H and O–H groups in total. The third-order valence-electron chi connectivity index (χ3n) is 2.32. The highest BCUT2D eigenvalue weighted by atomic mass is 32.2. The second kappa shape index (κ2) is 3.34. The Morgan fingerprint density at radius 3 is 2.33 bits per heavy atom. The summed E-state index contributed by atoms with van der Waals surface area (Å²) < 4.78 is 22.5. The van der Waals surface area contributed by atoms with Crippen molar-refractivity contribution in [3.05, 3.63) is 0 Å². The summed E-state index contributed by atoms with van der Waals surface area (Å²) in [7, 11) is -2.80. The Morgan fingerprint density at radius 2 is 1.92 bits per heavy atom. The quantitative estimate of drug-likeness (QED) is 0.695. The molecular formula is C8H17NO2S. The lowest BCUT2D eigenvalue weighted by molar-refractivity contribution is 0.578. The van der Waals surface area contributed by atoms with Crippen molar-refractivity contribution in [1.29, 1.82) is 0 Å². The van der Waals surface area contributed by atoms with Gasteiger partial charge in [-0.2, -0.15) is 0 Å². The molecule has 0 radical (unpaired) electrons. The number of nitrogens with two attached hydrogens (primary N) is 1. The minimum absolute atomic E-state index is 0.124. The molecule has 1 rings (SSSR count). The van der Waals surface area contributed by atoms with Crippen LogP contribution in [0.5, 0.6) is 0 Å². The van der Waals surface area contributed by atoms with Crippen molar-refractivity contribution in [3.63, 3.8) is 0 Å². The van der Waals surface area contributed by atoms with Crippen molar-refractivity contribution in [2.75, 3.05) is 11.5 Å². The summed E-state index contributed by atoms with van der Waals surface area (Å²) in [6.07, 6.45) is 3.35. The van der Waals surface area contributed by atoms with Crippen LogP contribution < -0.4 is 5.73 Å². The lowest BCUT2D eigenvalue weighted by atomic mass is 10.2. The first kappa shape index (κ1) is 9.99. The molecule has 0 heterocycles. The van der Waals surface area contributed by atoms with Gasteiger partial charge in [-0.05, 0) is 25.7 Å². The summed E-state index contributed by atoms with van der Waals surface area (Å²) in [5.74, 6) is 0.584. The van der Waals surface area contributed by atoms with Crippen molar-refractivity contribution >= 4 is 9.84 Å². The van der Waals surface area contributed by atoms with E-state index in [1.54, 1.807) is 0 Å². The number of hydrogen-bond acceptors (Lipinski definition) is 3. The number of sulfone groups is 1. The van der Waals surface area contributed by atoms with E-state index in [2.05, 4.69) is 0 Å². The standard InChI is InChI=1S/C8H17NO2S/c1-2-6-12(10,11)7-5-8(9)3-4-8/h2-7,9H2,1H3. The van der Waals surface area contributed by atoms with E-state index >= 15 is 0 Å². The lowest BCUT2D eigenvalue weighted by Gasteiger charge is -2.07. The van der Waals surface area contributed by atoms with Crippen LogP contribution in [-0.2, 0) is 9.84 Å². The molecule has 72 valence electrons. The van der Waals surface area contributed by atoms with E-state index in [1.165, 1.54) is 0 Å². The monoisotopic (exact) mass is 191 g/mol. The van der Waals surface area contributed by atoms with E-state index in [0.717, 1.165) is 12.8 Å². The minimum atomic E-state index is -2.80. The Kier molecular flexibility index (Phi) is 2.78. The molecule has 4 heteroatoms. The fourth-order valence-electron chi connectivity index (χ4n) is 1.18. The molecule has 0 bridgehead atoms. The summed E-state index contributed by atoms with van der Waals surface area (Å²) in [6, 6.07) is 0. The molecule has 1 aliphatic carbocycles. The zero-order valence-electron chi connectivity index (χ0n) is 7.54. The maximum Gasteiger partial charge on any atom is 0.150 e. The van der Waals surface area contributed by atoms with Crippen LogP contribution >= 0.6 is 0 Å². The van der Waals surface area contributed by atoms with Gasteiger partial charge in [0.25, 0.3) is 0 Å². The second-order valence-electron chi connectivity index (χ2n) is 3.76. The van der Waals surface area contributed by atoms with Gasteiger partial charge < -0.3 is 5.73 Å². The predicted molar refractivity (Wildman–Crippen MR) is 49.7 cm³/mol. The second-order valence-corrected chi connectivity index (χ2v) is 6.07. The van der Waals surface area contributed by atoms with Crippen LogP contribution in [0.1, 0.15) is 32.6 Å². The smallest absolute Gasteiger partial charge is 0.150 e. The summed E-state index contributed by atoms with van der Waals surface area (Å²) in [4.78, 5) is 0. The molecule has 0 amide bonds. The molecule has 0 spiro atoms. The predicted octanol–water partition coefficient (Wildman–Crippen LogP) is 0.693. The van der Waals surface area contributed by atoms with Crippen molar-refractivity contribution < 1.29 is 8.42 Å². The molecule has 0 saturated heterocycles. The highest BCUT2D eigenvalue weighted by Gasteiger charge is 2.38.